The van der Waals surface area contributed by atoms with E-state index in [0.29, 0.717) is 0 Å². The molecule has 0 radical (unpaired) electrons. The van der Waals surface area contributed by atoms with Crippen LogP contribution < -0.4 is 0 Å². The molecule has 1 aliphatic rings. The van der Waals surface area contributed by atoms with Gasteiger partial charge >= 0.3 is 0 Å². The minimum Gasteiger partial charge on any atom is -0.0654 e. The highest BCUT2D eigenvalue weighted by atomic mass is 14.3. The van der Waals surface area contributed by atoms with Crippen molar-refractivity contribution >= 4 is 0 Å². The van der Waals surface area contributed by atoms with Gasteiger partial charge in [0, 0.05) is 0 Å². The molecule has 0 bridgehead atoms. The quantitative estimate of drug-likeness (QED) is 0.511. The molecule has 1 rings (SSSR count). The molecule has 0 nitrogen and oxygen atoms in total. The second-order valence-corrected chi connectivity index (χ2v) is 5.31. The summed E-state index contributed by atoms with van der Waals surface area (Å²) in [6, 6.07) is 0. The minimum atomic E-state index is 0.971. The Bertz CT molecular complexity index is 135. The second-order valence-electron chi connectivity index (χ2n) is 5.31. The van der Waals surface area contributed by atoms with Crippen molar-refractivity contribution in [3.8, 4) is 0 Å². The summed E-state index contributed by atoms with van der Waals surface area (Å²) in [7, 11) is 0. The predicted octanol–water partition coefficient (Wildman–Crippen LogP) is 5.03. The molecule has 2 unspecified atom stereocenters. The first kappa shape index (κ1) is 12.1. The number of unbranched alkanes of at least 4 members (excludes halogenated alkanes) is 1. The Morgan fingerprint density at radius 2 is 1.86 bits per heavy atom. The molecular weight excluding hydrogens is 168 g/mol. The van der Waals surface area contributed by atoms with Crippen molar-refractivity contribution in [2.45, 2.75) is 72.1 Å². The van der Waals surface area contributed by atoms with Crippen LogP contribution in [0.25, 0.3) is 0 Å². The van der Waals surface area contributed by atoms with Crippen LogP contribution in [0.5, 0.6) is 0 Å². The fourth-order valence-electron chi connectivity index (χ4n) is 2.51. The van der Waals surface area contributed by atoms with Crippen LogP contribution in [0.4, 0.5) is 0 Å². The van der Waals surface area contributed by atoms with Crippen molar-refractivity contribution in [3.63, 3.8) is 0 Å². The molecule has 1 aliphatic carbocycles. The van der Waals surface area contributed by atoms with Crippen LogP contribution in [0.3, 0.4) is 0 Å². The van der Waals surface area contributed by atoms with Crippen LogP contribution in [0, 0.1) is 17.8 Å². The standard InChI is InChI=1S/C14H28/c1-4-6-7-12(3)14(5-2)11-10-13-8-9-13/h12-14H,4-11H2,1-3H3. The van der Waals surface area contributed by atoms with Crippen molar-refractivity contribution in [1.29, 1.82) is 0 Å². The highest BCUT2D eigenvalue weighted by molar-refractivity contribution is 4.75. The summed E-state index contributed by atoms with van der Waals surface area (Å²) in [6.45, 7) is 7.15. The molecule has 0 aromatic rings. The summed E-state index contributed by atoms with van der Waals surface area (Å²) in [4.78, 5) is 0. The van der Waals surface area contributed by atoms with E-state index in [2.05, 4.69) is 20.8 Å². The molecule has 1 fully saturated rings. The SMILES string of the molecule is CCCCC(C)C(CC)CCC1CC1. The minimum absolute atomic E-state index is 0.971. The normalized spacial score (nSPS) is 20.8. The lowest BCUT2D eigenvalue weighted by molar-refractivity contribution is 0.292. The molecule has 0 aromatic carbocycles. The van der Waals surface area contributed by atoms with E-state index >= 15 is 0 Å². The molecule has 1 saturated carbocycles. The Labute approximate surface area is 90.5 Å². The summed E-state index contributed by atoms with van der Waals surface area (Å²) >= 11 is 0. The highest BCUT2D eigenvalue weighted by Gasteiger charge is 2.23. The van der Waals surface area contributed by atoms with Gasteiger partial charge in [-0.3, -0.25) is 0 Å². The maximum atomic E-state index is 2.47. The Morgan fingerprint density at radius 1 is 1.14 bits per heavy atom. The maximum Gasteiger partial charge on any atom is -0.0391 e. The summed E-state index contributed by atoms with van der Waals surface area (Å²) < 4.78 is 0. The monoisotopic (exact) mass is 196 g/mol. The number of rotatable bonds is 8. The smallest absolute Gasteiger partial charge is 0.0391 e. The molecule has 0 aliphatic heterocycles. The van der Waals surface area contributed by atoms with Gasteiger partial charge in [0.05, 0.1) is 0 Å². The van der Waals surface area contributed by atoms with Crippen LogP contribution in [0.15, 0.2) is 0 Å². The van der Waals surface area contributed by atoms with Gasteiger partial charge in [-0.2, -0.15) is 0 Å². The van der Waals surface area contributed by atoms with Crippen molar-refractivity contribution < 1.29 is 0 Å². The Morgan fingerprint density at radius 3 is 2.36 bits per heavy atom. The average molecular weight is 196 g/mol. The van der Waals surface area contributed by atoms with E-state index in [-0.39, 0.29) is 0 Å². The summed E-state index contributed by atoms with van der Waals surface area (Å²) in [6.07, 6.45) is 11.7. The largest absolute Gasteiger partial charge is 0.0654 e. The van der Waals surface area contributed by atoms with Gasteiger partial charge in [-0.25, -0.2) is 0 Å². The molecule has 14 heavy (non-hydrogen) atoms. The van der Waals surface area contributed by atoms with Gasteiger partial charge in [0.15, 0.2) is 0 Å². The van der Waals surface area contributed by atoms with E-state index in [4.69, 9.17) is 0 Å². The molecule has 0 aromatic heterocycles. The zero-order valence-corrected chi connectivity index (χ0v) is 10.4. The van der Waals surface area contributed by atoms with E-state index in [1.54, 1.807) is 0 Å². The van der Waals surface area contributed by atoms with Gasteiger partial charge in [0.2, 0.25) is 0 Å². The van der Waals surface area contributed by atoms with Crippen LogP contribution in [-0.4, -0.2) is 0 Å². The van der Waals surface area contributed by atoms with Gasteiger partial charge in [0.1, 0.15) is 0 Å². The lowest BCUT2D eigenvalue weighted by Crippen LogP contribution is -2.11. The fourth-order valence-corrected chi connectivity index (χ4v) is 2.51. The van der Waals surface area contributed by atoms with Gasteiger partial charge in [-0.15, -0.1) is 0 Å². The van der Waals surface area contributed by atoms with Crippen LogP contribution >= 0.6 is 0 Å². The van der Waals surface area contributed by atoms with Gasteiger partial charge < -0.3 is 0 Å². The molecule has 0 heterocycles. The second kappa shape index (κ2) is 6.48. The van der Waals surface area contributed by atoms with Crippen molar-refractivity contribution in [2.75, 3.05) is 0 Å². The van der Waals surface area contributed by atoms with E-state index in [0.717, 1.165) is 17.8 Å². The number of hydrogen-bond donors (Lipinski definition) is 0. The Kier molecular flexibility index (Phi) is 5.59. The first-order valence-corrected chi connectivity index (χ1v) is 6.77. The van der Waals surface area contributed by atoms with Crippen LogP contribution in [0.2, 0.25) is 0 Å². The molecule has 2 atom stereocenters. The summed E-state index contributed by atoms with van der Waals surface area (Å²) in [5.41, 5.74) is 0. The highest BCUT2D eigenvalue weighted by Crippen LogP contribution is 2.37. The molecule has 0 heteroatoms. The predicted molar refractivity (Wildman–Crippen MR) is 64.4 cm³/mol. The van der Waals surface area contributed by atoms with Crippen LogP contribution in [0.1, 0.15) is 72.1 Å². The first-order valence-electron chi connectivity index (χ1n) is 6.77. The topological polar surface area (TPSA) is 0 Å². The fraction of sp³-hybridized carbons (Fsp3) is 1.00. The van der Waals surface area contributed by atoms with E-state index in [1.807, 2.05) is 0 Å². The van der Waals surface area contributed by atoms with Crippen molar-refractivity contribution in [2.24, 2.45) is 17.8 Å². The van der Waals surface area contributed by atoms with Crippen molar-refractivity contribution in [1.82, 2.24) is 0 Å². The molecule has 84 valence electrons. The molecule has 0 N–H and O–H groups in total. The molecule has 0 spiro atoms. The third-order valence-corrected chi connectivity index (χ3v) is 3.98. The van der Waals surface area contributed by atoms with Gasteiger partial charge in [0.25, 0.3) is 0 Å². The van der Waals surface area contributed by atoms with Gasteiger partial charge in [-0.1, -0.05) is 65.7 Å². The lowest BCUT2D eigenvalue weighted by atomic mass is 9.84. The van der Waals surface area contributed by atoms with E-state index in [1.165, 1.54) is 51.4 Å². The summed E-state index contributed by atoms with van der Waals surface area (Å²) in [5, 5.41) is 0. The first-order chi connectivity index (χ1) is 6.77. The van der Waals surface area contributed by atoms with Gasteiger partial charge in [-0.05, 0) is 24.2 Å². The Balaban J connectivity index is 2.13. The lowest BCUT2D eigenvalue weighted by Gasteiger charge is -2.22. The number of hydrogen-bond acceptors (Lipinski definition) is 0. The Hall–Kier alpha value is 0. The molecular formula is C14H28. The average Bonchev–Trinajstić information content (AvgIpc) is 2.99. The zero-order valence-electron chi connectivity index (χ0n) is 10.4. The molecule has 0 saturated heterocycles. The summed E-state index contributed by atoms with van der Waals surface area (Å²) in [5.74, 6) is 3.11. The van der Waals surface area contributed by atoms with Crippen molar-refractivity contribution in [3.05, 3.63) is 0 Å². The van der Waals surface area contributed by atoms with E-state index < -0.39 is 0 Å². The third kappa shape index (κ3) is 4.48. The maximum absolute atomic E-state index is 2.47. The van der Waals surface area contributed by atoms with E-state index in [9.17, 15) is 0 Å². The third-order valence-electron chi connectivity index (χ3n) is 3.98. The van der Waals surface area contributed by atoms with Crippen LogP contribution in [-0.2, 0) is 0 Å². The zero-order chi connectivity index (χ0) is 10.4. The molecule has 0 amide bonds.